The van der Waals surface area contributed by atoms with Gasteiger partial charge in [0.1, 0.15) is 0 Å². The van der Waals surface area contributed by atoms with E-state index in [0.29, 0.717) is 11.8 Å². The van der Waals surface area contributed by atoms with Gasteiger partial charge >= 0.3 is 0 Å². The Bertz CT molecular complexity index is 1950. The maximum absolute atomic E-state index is 2.41. The second-order valence-electron chi connectivity index (χ2n) is 10.5. The molecule has 0 spiro atoms. The number of hydrogen-bond donors (Lipinski definition) is 0. The van der Waals surface area contributed by atoms with Crippen molar-refractivity contribution in [2.75, 3.05) is 0 Å². The van der Waals surface area contributed by atoms with Crippen LogP contribution in [0.5, 0.6) is 0 Å². The molecular weight excluding hydrogens is 476 g/mol. The zero-order valence-corrected chi connectivity index (χ0v) is 22.0. The molecule has 8 rings (SSSR count). The van der Waals surface area contributed by atoms with Crippen LogP contribution in [0.4, 0.5) is 0 Å². The summed E-state index contributed by atoms with van der Waals surface area (Å²) in [4.78, 5) is 0. The molecule has 0 nitrogen and oxygen atoms in total. The van der Waals surface area contributed by atoms with Crippen LogP contribution in [0.25, 0.3) is 53.6 Å². The fraction of sp³-hybridized carbons (Fsp3) is 0.0811. The summed E-state index contributed by atoms with van der Waals surface area (Å²) in [5, 5.41) is 2.70. The van der Waals surface area contributed by atoms with Crippen molar-refractivity contribution < 1.29 is 0 Å². The van der Waals surface area contributed by atoms with Crippen LogP contribution >= 0.6 is 11.3 Å². The highest BCUT2D eigenvalue weighted by atomic mass is 32.1. The molecule has 0 N–H and O–H groups in total. The van der Waals surface area contributed by atoms with E-state index in [1.165, 1.54) is 70.3 Å². The summed E-state index contributed by atoms with van der Waals surface area (Å²) >= 11 is 1.90. The highest BCUT2D eigenvalue weighted by Crippen LogP contribution is 2.54. The van der Waals surface area contributed by atoms with Crippen LogP contribution in [0.1, 0.15) is 29.5 Å². The van der Waals surface area contributed by atoms with E-state index in [1.807, 2.05) is 11.3 Å². The highest BCUT2D eigenvalue weighted by molar-refractivity contribution is 7.26. The average Bonchev–Trinajstić information content (AvgIpc) is 3.36. The summed E-state index contributed by atoms with van der Waals surface area (Å²) in [5.41, 5.74) is 12.3. The van der Waals surface area contributed by atoms with Crippen LogP contribution in [-0.2, 0) is 0 Å². The molecule has 2 aliphatic carbocycles. The number of thiophene rings is 1. The number of fused-ring (bicyclic) bond motifs is 9. The van der Waals surface area contributed by atoms with Crippen LogP contribution in [0.2, 0.25) is 0 Å². The summed E-state index contributed by atoms with van der Waals surface area (Å²) in [6.07, 6.45) is 4.76. The van der Waals surface area contributed by atoms with Gasteiger partial charge in [0, 0.05) is 26.1 Å². The second kappa shape index (κ2) is 8.41. The minimum atomic E-state index is 0.357. The van der Waals surface area contributed by atoms with E-state index in [4.69, 9.17) is 0 Å². The predicted octanol–water partition coefficient (Wildman–Crippen LogP) is 10.6. The lowest BCUT2D eigenvalue weighted by Crippen LogP contribution is -2.20. The zero-order chi connectivity index (χ0) is 25.2. The Kier molecular flexibility index (Phi) is 4.83. The minimum Gasteiger partial charge on any atom is -0.135 e. The first-order valence-electron chi connectivity index (χ1n) is 13.4. The van der Waals surface area contributed by atoms with Gasteiger partial charge in [0.05, 0.1) is 0 Å². The smallest absolute Gasteiger partial charge is 0.0433 e. The summed E-state index contributed by atoms with van der Waals surface area (Å²) < 4.78 is 2.72. The van der Waals surface area contributed by atoms with E-state index in [0.717, 1.165) is 0 Å². The van der Waals surface area contributed by atoms with Crippen molar-refractivity contribution in [3.8, 4) is 22.3 Å². The Morgan fingerprint density at radius 2 is 1.18 bits per heavy atom. The van der Waals surface area contributed by atoms with Crippen molar-refractivity contribution >= 4 is 42.7 Å². The van der Waals surface area contributed by atoms with Gasteiger partial charge in [-0.05, 0) is 68.1 Å². The molecule has 38 heavy (non-hydrogen) atoms. The second-order valence-corrected chi connectivity index (χ2v) is 11.6. The molecule has 180 valence electrons. The Morgan fingerprint density at radius 1 is 0.526 bits per heavy atom. The molecule has 0 bridgehead atoms. The van der Waals surface area contributed by atoms with Crippen LogP contribution < -0.4 is 0 Å². The first-order valence-corrected chi connectivity index (χ1v) is 14.2. The Balaban J connectivity index is 1.27. The Labute approximate surface area is 227 Å². The van der Waals surface area contributed by atoms with Crippen molar-refractivity contribution in [1.29, 1.82) is 0 Å². The van der Waals surface area contributed by atoms with Crippen molar-refractivity contribution in [3.63, 3.8) is 0 Å². The van der Waals surface area contributed by atoms with E-state index in [2.05, 4.69) is 134 Å². The summed E-state index contributed by atoms with van der Waals surface area (Å²) in [7, 11) is 0. The third kappa shape index (κ3) is 3.15. The molecule has 2 unspecified atom stereocenters. The number of benzene rings is 5. The zero-order valence-electron chi connectivity index (χ0n) is 21.2. The van der Waals surface area contributed by atoms with Crippen LogP contribution in [0, 0.1) is 5.92 Å². The monoisotopic (exact) mass is 502 g/mol. The normalized spacial score (nSPS) is 17.9. The molecule has 0 saturated carbocycles. The molecule has 1 heteroatoms. The molecular formula is C37H26S. The molecule has 0 amide bonds. The third-order valence-electron chi connectivity index (χ3n) is 8.50. The fourth-order valence-corrected chi connectivity index (χ4v) is 8.00. The molecule has 0 radical (unpaired) electrons. The van der Waals surface area contributed by atoms with Crippen molar-refractivity contribution in [3.05, 3.63) is 144 Å². The van der Waals surface area contributed by atoms with E-state index in [-0.39, 0.29) is 0 Å². The van der Waals surface area contributed by atoms with Gasteiger partial charge in [-0.25, -0.2) is 0 Å². The minimum absolute atomic E-state index is 0.357. The van der Waals surface area contributed by atoms with Gasteiger partial charge in [-0.2, -0.15) is 0 Å². The van der Waals surface area contributed by atoms with Crippen molar-refractivity contribution in [1.82, 2.24) is 0 Å². The van der Waals surface area contributed by atoms with Crippen molar-refractivity contribution in [2.24, 2.45) is 5.92 Å². The number of hydrogen-bond acceptors (Lipinski definition) is 1. The van der Waals surface area contributed by atoms with Gasteiger partial charge in [-0.3, -0.25) is 0 Å². The first kappa shape index (κ1) is 21.8. The molecule has 0 aliphatic heterocycles. The summed E-state index contributed by atoms with van der Waals surface area (Å²) in [6, 6.07) is 42.6. The van der Waals surface area contributed by atoms with E-state index in [1.54, 1.807) is 0 Å². The molecule has 2 aliphatic rings. The van der Waals surface area contributed by atoms with E-state index in [9.17, 15) is 0 Å². The first-order chi connectivity index (χ1) is 18.8. The standard InChI is InChI=1S/C37H26S/c1-23-26(20-21-33-30-14-3-2-12-28(30)29-13-4-5-16-32(29)36(23)33)24-10-8-11-25(22-24)27-17-9-18-34-31-15-6-7-19-35(31)38-37(27)34/h2-23,36H,1H3. The highest BCUT2D eigenvalue weighted by Gasteiger charge is 2.35. The average molecular weight is 503 g/mol. The van der Waals surface area contributed by atoms with Crippen LogP contribution in [0.3, 0.4) is 0 Å². The molecule has 6 aromatic rings. The molecule has 0 fully saturated rings. The van der Waals surface area contributed by atoms with Gasteiger partial charge in [0.15, 0.2) is 0 Å². The molecule has 1 heterocycles. The topological polar surface area (TPSA) is 0 Å². The van der Waals surface area contributed by atoms with Gasteiger partial charge in [-0.1, -0.05) is 122 Å². The molecule has 0 saturated heterocycles. The van der Waals surface area contributed by atoms with Gasteiger partial charge in [0.2, 0.25) is 0 Å². The quantitative estimate of drug-likeness (QED) is 0.221. The van der Waals surface area contributed by atoms with E-state index < -0.39 is 0 Å². The Hall–Kier alpha value is -4.20. The van der Waals surface area contributed by atoms with Gasteiger partial charge in [-0.15, -0.1) is 11.3 Å². The molecule has 2 atom stereocenters. The SMILES string of the molecule is CC1C(c2cccc(-c3cccc4c3sc3ccccc34)c2)=CC=C2c3ccccc3-c3ccccc3C21. The third-order valence-corrected chi connectivity index (χ3v) is 9.72. The fourth-order valence-electron chi connectivity index (χ4n) is 6.76. The molecule has 5 aromatic carbocycles. The van der Waals surface area contributed by atoms with Crippen LogP contribution in [0.15, 0.2) is 127 Å². The molecule has 1 aromatic heterocycles. The summed E-state index contributed by atoms with van der Waals surface area (Å²) in [6.45, 7) is 2.41. The number of allylic oxidation sites excluding steroid dienone is 4. The van der Waals surface area contributed by atoms with Crippen LogP contribution in [-0.4, -0.2) is 0 Å². The maximum atomic E-state index is 2.41. The predicted molar refractivity (Wildman–Crippen MR) is 165 cm³/mol. The maximum Gasteiger partial charge on any atom is 0.0433 e. The number of rotatable bonds is 2. The largest absolute Gasteiger partial charge is 0.135 e. The van der Waals surface area contributed by atoms with Gasteiger partial charge in [0.25, 0.3) is 0 Å². The van der Waals surface area contributed by atoms with Crippen molar-refractivity contribution in [2.45, 2.75) is 12.8 Å². The van der Waals surface area contributed by atoms with E-state index >= 15 is 0 Å². The lowest BCUT2D eigenvalue weighted by atomic mass is 9.66. The van der Waals surface area contributed by atoms with Gasteiger partial charge < -0.3 is 0 Å². The lowest BCUT2D eigenvalue weighted by molar-refractivity contribution is 0.666. The lowest BCUT2D eigenvalue weighted by Gasteiger charge is -2.38. The Morgan fingerprint density at radius 3 is 2.11 bits per heavy atom. The summed E-state index contributed by atoms with van der Waals surface area (Å²) in [5.74, 6) is 0.732.